The summed E-state index contributed by atoms with van der Waals surface area (Å²) in [5.74, 6) is -0.286. The number of nitrogens with two attached hydrogens (primary N) is 1. The Morgan fingerprint density at radius 3 is 2.48 bits per heavy atom. The smallest absolute Gasteiger partial charge is 0.368 e. The molecule has 27 heavy (non-hydrogen) atoms. The van der Waals surface area contributed by atoms with E-state index in [1.54, 1.807) is 6.08 Å². The molecular formula is C21H21F3N2O. The van der Waals surface area contributed by atoms with Crippen molar-refractivity contribution >= 4 is 18.1 Å². The molecule has 1 fully saturated rings. The van der Waals surface area contributed by atoms with Crippen LogP contribution >= 0.6 is 0 Å². The molecule has 1 atom stereocenters. The molecule has 1 amide bonds. The molecule has 0 aromatic heterocycles. The minimum atomic E-state index is -4.32. The van der Waals surface area contributed by atoms with Crippen molar-refractivity contribution in [1.29, 1.82) is 0 Å². The van der Waals surface area contributed by atoms with E-state index >= 15 is 0 Å². The van der Waals surface area contributed by atoms with Crippen LogP contribution in [-0.4, -0.2) is 23.4 Å². The van der Waals surface area contributed by atoms with Crippen LogP contribution in [0.25, 0.3) is 12.2 Å². The van der Waals surface area contributed by atoms with Crippen molar-refractivity contribution < 1.29 is 18.0 Å². The number of amides is 1. The standard InChI is InChI=1S/C21H21F3N2O/c22-21(23,24)18-10-8-15(9-11-18)6-7-16-3-1-4-17(13-16)14-26-12-2-5-19(26)20(25)27/h1,3-4,6-11,13,19H,2,5,12,14H2,(H2,25,27)/b7-6+. The highest BCUT2D eigenvalue weighted by Crippen LogP contribution is 2.29. The predicted octanol–water partition coefficient (Wildman–Crippen LogP) is 4.33. The van der Waals surface area contributed by atoms with Crippen LogP contribution in [0, 0.1) is 0 Å². The Kier molecular flexibility index (Phi) is 5.65. The monoisotopic (exact) mass is 374 g/mol. The van der Waals surface area contributed by atoms with Crippen LogP contribution in [0.4, 0.5) is 13.2 Å². The van der Waals surface area contributed by atoms with E-state index in [-0.39, 0.29) is 11.9 Å². The summed E-state index contributed by atoms with van der Waals surface area (Å²) in [7, 11) is 0. The van der Waals surface area contributed by atoms with Crippen molar-refractivity contribution in [3.05, 3.63) is 70.8 Å². The van der Waals surface area contributed by atoms with Crippen LogP contribution in [0.2, 0.25) is 0 Å². The quantitative estimate of drug-likeness (QED) is 0.792. The summed E-state index contributed by atoms with van der Waals surface area (Å²) in [6, 6.07) is 12.7. The molecule has 1 aliphatic rings. The zero-order chi connectivity index (χ0) is 19.4. The third-order valence-electron chi connectivity index (χ3n) is 4.74. The molecule has 3 nitrogen and oxygen atoms in total. The molecule has 1 aliphatic heterocycles. The molecule has 0 aliphatic carbocycles. The van der Waals surface area contributed by atoms with Gasteiger partial charge in [-0.15, -0.1) is 0 Å². The Morgan fingerprint density at radius 2 is 1.81 bits per heavy atom. The van der Waals surface area contributed by atoms with Gasteiger partial charge in [-0.25, -0.2) is 0 Å². The SMILES string of the molecule is NC(=O)C1CCCN1Cc1cccc(/C=C/c2ccc(C(F)(F)F)cc2)c1. The summed E-state index contributed by atoms with van der Waals surface area (Å²) >= 11 is 0. The van der Waals surface area contributed by atoms with Gasteiger partial charge in [-0.05, 0) is 48.2 Å². The second-order valence-electron chi connectivity index (χ2n) is 6.73. The van der Waals surface area contributed by atoms with Gasteiger partial charge in [0.15, 0.2) is 0 Å². The molecule has 1 unspecified atom stereocenters. The molecule has 2 aromatic rings. The highest BCUT2D eigenvalue weighted by Gasteiger charge is 2.30. The van der Waals surface area contributed by atoms with E-state index < -0.39 is 11.7 Å². The van der Waals surface area contributed by atoms with Crippen molar-refractivity contribution in [2.75, 3.05) is 6.54 Å². The average Bonchev–Trinajstić information content (AvgIpc) is 3.08. The summed E-state index contributed by atoms with van der Waals surface area (Å²) in [6.07, 6.45) is 1.07. The zero-order valence-corrected chi connectivity index (χ0v) is 14.7. The highest BCUT2D eigenvalue weighted by molar-refractivity contribution is 5.80. The molecule has 3 rings (SSSR count). The number of halogens is 3. The van der Waals surface area contributed by atoms with Crippen LogP contribution in [-0.2, 0) is 17.5 Å². The lowest BCUT2D eigenvalue weighted by atomic mass is 10.1. The lowest BCUT2D eigenvalue weighted by molar-refractivity contribution is -0.137. The molecule has 1 saturated heterocycles. The fourth-order valence-electron chi connectivity index (χ4n) is 3.34. The second kappa shape index (κ2) is 7.96. The van der Waals surface area contributed by atoms with Gasteiger partial charge in [-0.2, -0.15) is 13.2 Å². The highest BCUT2D eigenvalue weighted by atomic mass is 19.4. The summed E-state index contributed by atoms with van der Waals surface area (Å²) < 4.78 is 37.8. The number of carbonyl (C=O) groups is 1. The summed E-state index contributed by atoms with van der Waals surface area (Å²) in [4.78, 5) is 13.6. The molecule has 0 radical (unpaired) electrons. The fraction of sp³-hybridized carbons (Fsp3) is 0.286. The number of alkyl halides is 3. The Hall–Kier alpha value is -2.60. The second-order valence-corrected chi connectivity index (χ2v) is 6.73. The number of rotatable bonds is 5. The van der Waals surface area contributed by atoms with E-state index in [0.29, 0.717) is 12.1 Å². The number of primary amides is 1. The average molecular weight is 374 g/mol. The minimum Gasteiger partial charge on any atom is -0.368 e. The summed E-state index contributed by atoms with van der Waals surface area (Å²) in [6.45, 7) is 1.49. The molecule has 6 heteroatoms. The van der Waals surface area contributed by atoms with Crippen LogP contribution in [0.1, 0.15) is 35.1 Å². The van der Waals surface area contributed by atoms with Gasteiger partial charge in [0.2, 0.25) is 5.91 Å². The Morgan fingerprint density at radius 1 is 1.11 bits per heavy atom. The predicted molar refractivity (Wildman–Crippen MR) is 99.4 cm³/mol. The molecular weight excluding hydrogens is 353 g/mol. The lowest BCUT2D eigenvalue weighted by Gasteiger charge is -2.21. The van der Waals surface area contributed by atoms with Gasteiger partial charge in [-0.1, -0.05) is 48.6 Å². The molecule has 2 N–H and O–H groups in total. The number of hydrogen-bond donors (Lipinski definition) is 1. The number of benzene rings is 2. The van der Waals surface area contributed by atoms with Crippen molar-refractivity contribution in [2.24, 2.45) is 5.73 Å². The van der Waals surface area contributed by atoms with Crippen molar-refractivity contribution in [3.8, 4) is 0 Å². The van der Waals surface area contributed by atoms with Gasteiger partial charge in [0.05, 0.1) is 11.6 Å². The zero-order valence-electron chi connectivity index (χ0n) is 14.7. The minimum absolute atomic E-state index is 0.212. The van der Waals surface area contributed by atoms with Gasteiger partial charge in [0, 0.05) is 6.54 Å². The molecule has 142 valence electrons. The van der Waals surface area contributed by atoms with Crippen molar-refractivity contribution in [1.82, 2.24) is 4.90 Å². The van der Waals surface area contributed by atoms with Crippen LogP contribution in [0.5, 0.6) is 0 Å². The molecule has 0 bridgehead atoms. The molecule has 1 heterocycles. The van der Waals surface area contributed by atoms with Crippen molar-refractivity contribution in [2.45, 2.75) is 31.6 Å². The van der Waals surface area contributed by atoms with E-state index in [4.69, 9.17) is 5.73 Å². The Bertz CT molecular complexity index is 828. The maximum Gasteiger partial charge on any atom is 0.416 e. The first-order valence-corrected chi connectivity index (χ1v) is 8.80. The van der Waals surface area contributed by atoms with E-state index in [9.17, 15) is 18.0 Å². The van der Waals surface area contributed by atoms with Gasteiger partial charge in [0.1, 0.15) is 0 Å². The van der Waals surface area contributed by atoms with Gasteiger partial charge in [-0.3, -0.25) is 9.69 Å². The molecule has 2 aromatic carbocycles. The molecule has 0 spiro atoms. The number of hydrogen-bond acceptors (Lipinski definition) is 2. The van der Waals surface area contributed by atoms with Gasteiger partial charge in [0.25, 0.3) is 0 Å². The van der Waals surface area contributed by atoms with Gasteiger partial charge >= 0.3 is 6.18 Å². The normalized spacial score (nSPS) is 18.3. The third-order valence-corrected chi connectivity index (χ3v) is 4.74. The van der Waals surface area contributed by atoms with E-state index in [1.807, 2.05) is 30.3 Å². The van der Waals surface area contributed by atoms with E-state index in [1.165, 1.54) is 12.1 Å². The molecule has 0 saturated carbocycles. The summed E-state index contributed by atoms with van der Waals surface area (Å²) in [5, 5.41) is 0. The maximum atomic E-state index is 12.6. The maximum absolute atomic E-state index is 12.6. The Labute approximate surface area is 156 Å². The number of likely N-dealkylation sites (tertiary alicyclic amines) is 1. The van der Waals surface area contributed by atoms with Crippen molar-refractivity contribution in [3.63, 3.8) is 0 Å². The number of carbonyl (C=O) groups excluding carboxylic acids is 1. The lowest BCUT2D eigenvalue weighted by Crippen LogP contribution is -2.39. The van der Waals surface area contributed by atoms with E-state index in [2.05, 4.69) is 4.90 Å². The van der Waals surface area contributed by atoms with Crippen LogP contribution in [0.3, 0.4) is 0 Å². The Balaban J connectivity index is 1.68. The summed E-state index contributed by atoms with van der Waals surface area (Å²) in [5.41, 5.74) is 7.51. The van der Waals surface area contributed by atoms with Crippen LogP contribution < -0.4 is 5.73 Å². The largest absolute Gasteiger partial charge is 0.416 e. The first kappa shape index (κ1) is 19.2. The third kappa shape index (κ3) is 4.98. The van der Waals surface area contributed by atoms with Crippen LogP contribution in [0.15, 0.2) is 48.5 Å². The van der Waals surface area contributed by atoms with Gasteiger partial charge < -0.3 is 5.73 Å². The van der Waals surface area contributed by atoms with E-state index in [0.717, 1.165) is 42.6 Å². The fourth-order valence-corrected chi connectivity index (χ4v) is 3.34. The number of nitrogens with zero attached hydrogens (tertiary/aromatic N) is 1. The topological polar surface area (TPSA) is 46.3 Å². The first-order valence-electron chi connectivity index (χ1n) is 8.80. The first-order chi connectivity index (χ1) is 12.8.